The van der Waals surface area contributed by atoms with Gasteiger partial charge in [-0.25, -0.2) is 4.98 Å². The van der Waals surface area contributed by atoms with Crippen molar-refractivity contribution in [2.45, 2.75) is 32.5 Å². The molecule has 2 aromatic heterocycles. The summed E-state index contributed by atoms with van der Waals surface area (Å²) in [5, 5.41) is 18.6. The third-order valence-electron chi connectivity index (χ3n) is 5.58. The number of imidazole rings is 1. The Hall–Kier alpha value is -2.98. The number of carbonyl (C=O) groups is 1. The highest BCUT2D eigenvalue weighted by atomic mass is 16.5. The molecule has 148 valence electrons. The molecule has 0 saturated carbocycles. The first-order chi connectivity index (χ1) is 14.1. The molecule has 2 aliphatic heterocycles. The third kappa shape index (κ3) is 3.24. The molecule has 0 bridgehead atoms. The van der Waals surface area contributed by atoms with E-state index in [4.69, 9.17) is 4.65 Å². The number of amides is 1. The van der Waals surface area contributed by atoms with Gasteiger partial charge >= 0.3 is 7.12 Å². The van der Waals surface area contributed by atoms with E-state index in [0.29, 0.717) is 39.1 Å². The Morgan fingerprint density at radius 1 is 1.31 bits per heavy atom. The molecule has 3 aromatic rings. The molecule has 0 fully saturated rings. The normalized spacial score (nSPS) is 15.5. The summed E-state index contributed by atoms with van der Waals surface area (Å²) in [5.41, 5.74) is 3.57. The fourth-order valence-corrected chi connectivity index (χ4v) is 4.07. The van der Waals surface area contributed by atoms with Crippen LogP contribution in [0.3, 0.4) is 0 Å². The summed E-state index contributed by atoms with van der Waals surface area (Å²) in [6, 6.07) is 5.85. The molecule has 0 radical (unpaired) electrons. The Labute approximate surface area is 168 Å². The zero-order valence-corrected chi connectivity index (χ0v) is 16.2. The van der Waals surface area contributed by atoms with Gasteiger partial charge in [0, 0.05) is 32.8 Å². The van der Waals surface area contributed by atoms with Crippen molar-refractivity contribution in [3.63, 3.8) is 0 Å². The van der Waals surface area contributed by atoms with Gasteiger partial charge in [0.2, 0.25) is 5.91 Å². The Kier molecular flexibility index (Phi) is 4.44. The maximum atomic E-state index is 12.8. The highest BCUT2D eigenvalue weighted by Crippen LogP contribution is 2.21. The summed E-state index contributed by atoms with van der Waals surface area (Å²) < 4.78 is 9.21. The summed E-state index contributed by atoms with van der Waals surface area (Å²) >= 11 is 0. The van der Waals surface area contributed by atoms with Crippen LogP contribution in [0.1, 0.15) is 23.4 Å². The summed E-state index contributed by atoms with van der Waals surface area (Å²) in [7, 11) is 1.02. The topological polar surface area (TPSA) is 98.3 Å². The smallest absolute Gasteiger partial charge is 0.423 e. The minimum absolute atomic E-state index is 0.0737. The third-order valence-corrected chi connectivity index (χ3v) is 5.58. The van der Waals surface area contributed by atoms with E-state index < -0.39 is 7.12 Å². The summed E-state index contributed by atoms with van der Waals surface area (Å²) in [6.07, 6.45) is 4.60. The van der Waals surface area contributed by atoms with Crippen LogP contribution in [0.4, 0.5) is 0 Å². The maximum absolute atomic E-state index is 12.8. The second-order valence-corrected chi connectivity index (χ2v) is 7.48. The molecule has 10 heteroatoms. The summed E-state index contributed by atoms with van der Waals surface area (Å²) in [6.45, 7) is 2.12. The Balaban J connectivity index is 1.26. The molecule has 2 aliphatic rings. The van der Waals surface area contributed by atoms with Crippen LogP contribution >= 0.6 is 0 Å². The van der Waals surface area contributed by atoms with Gasteiger partial charge in [0.1, 0.15) is 5.69 Å². The molecule has 0 atom stereocenters. The van der Waals surface area contributed by atoms with Crippen LogP contribution in [0, 0.1) is 0 Å². The highest BCUT2D eigenvalue weighted by Gasteiger charge is 2.30. The fraction of sp³-hybridized carbons (Fsp3) is 0.368. The molecule has 1 N–H and O–H groups in total. The number of hydrogen-bond acceptors (Lipinski definition) is 6. The highest BCUT2D eigenvalue weighted by molar-refractivity contribution is 6.62. The molecule has 4 heterocycles. The van der Waals surface area contributed by atoms with E-state index in [1.807, 2.05) is 45.5 Å². The number of carbonyl (C=O) groups excluding carboxylic acids is 1. The van der Waals surface area contributed by atoms with E-state index in [1.165, 1.54) is 0 Å². The second-order valence-electron chi connectivity index (χ2n) is 7.48. The molecule has 0 aliphatic carbocycles. The van der Waals surface area contributed by atoms with Gasteiger partial charge in [-0.3, -0.25) is 4.79 Å². The van der Waals surface area contributed by atoms with Crippen molar-refractivity contribution in [2.24, 2.45) is 7.05 Å². The molecule has 1 amide bonds. The van der Waals surface area contributed by atoms with Gasteiger partial charge in [-0.15, -0.1) is 10.2 Å². The molecular formula is C19H21BN6O3. The van der Waals surface area contributed by atoms with Crippen LogP contribution in [0.5, 0.6) is 0 Å². The van der Waals surface area contributed by atoms with E-state index in [0.717, 1.165) is 33.9 Å². The number of benzene rings is 1. The van der Waals surface area contributed by atoms with E-state index in [2.05, 4.69) is 15.2 Å². The number of nitrogens with zero attached hydrogens (tertiary/aromatic N) is 6. The van der Waals surface area contributed by atoms with Gasteiger partial charge in [-0.2, -0.15) is 0 Å². The summed E-state index contributed by atoms with van der Waals surface area (Å²) in [4.78, 5) is 19.0. The molecule has 1 aromatic carbocycles. The lowest BCUT2D eigenvalue weighted by Crippen LogP contribution is -2.39. The fourth-order valence-electron chi connectivity index (χ4n) is 4.07. The molecular weight excluding hydrogens is 371 g/mol. The van der Waals surface area contributed by atoms with Crippen LogP contribution in [-0.4, -0.2) is 53.8 Å². The van der Waals surface area contributed by atoms with E-state index in [-0.39, 0.29) is 5.91 Å². The molecule has 0 unspecified atom stereocenters. The largest absolute Gasteiger partial charge is 0.492 e. The minimum Gasteiger partial charge on any atom is -0.423 e. The lowest BCUT2D eigenvalue weighted by molar-refractivity contribution is -0.132. The van der Waals surface area contributed by atoms with Crippen molar-refractivity contribution in [3.8, 4) is 11.5 Å². The number of fused-ring (bicyclic) bond motifs is 2. The van der Waals surface area contributed by atoms with Crippen molar-refractivity contribution in [1.82, 2.24) is 29.2 Å². The van der Waals surface area contributed by atoms with E-state index in [1.54, 1.807) is 6.33 Å². The Bertz CT molecular complexity index is 1080. The average Bonchev–Trinajstić information content (AvgIpc) is 3.44. The number of rotatable bonds is 4. The first-order valence-corrected chi connectivity index (χ1v) is 9.68. The van der Waals surface area contributed by atoms with Crippen molar-refractivity contribution in [1.29, 1.82) is 0 Å². The van der Waals surface area contributed by atoms with Crippen LogP contribution in [0.25, 0.3) is 11.5 Å². The van der Waals surface area contributed by atoms with Gasteiger partial charge in [0.25, 0.3) is 0 Å². The predicted octanol–water partition coefficient (Wildman–Crippen LogP) is -0.129. The molecule has 9 nitrogen and oxygen atoms in total. The van der Waals surface area contributed by atoms with Crippen molar-refractivity contribution < 1.29 is 14.5 Å². The van der Waals surface area contributed by atoms with E-state index >= 15 is 0 Å². The van der Waals surface area contributed by atoms with Crippen LogP contribution in [0.15, 0.2) is 30.7 Å². The zero-order chi connectivity index (χ0) is 20.0. The standard InChI is InChI=1S/C19H21BN6O3/c1-24-9-15(21-12-24)19-23-22-16-10-25(7-8-26(16)19)17(27)6-5-13-3-2-4-14-11-29-20(28)18(13)14/h2-4,9,12,28H,5-8,10-11H2,1H3. The first-order valence-electron chi connectivity index (χ1n) is 9.68. The first kappa shape index (κ1) is 18.1. The number of aromatic nitrogens is 5. The van der Waals surface area contributed by atoms with Crippen LogP contribution < -0.4 is 5.46 Å². The van der Waals surface area contributed by atoms with Gasteiger partial charge in [0.15, 0.2) is 11.6 Å². The van der Waals surface area contributed by atoms with Gasteiger partial charge in [-0.05, 0) is 23.0 Å². The zero-order valence-electron chi connectivity index (χ0n) is 16.2. The lowest BCUT2D eigenvalue weighted by Gasteiger charge is -2.28. The maximum Gasteiger partial charge on any atom is 0.492 e. The quantitative estimate of drug-likeness (QED) is 0.622. The van der Waals surface area contributed by atoms with Crippen LogP contribution in [-0.2, 0) is 42.6 Å². The SMILES string of the molecule is Cn1cnc(-c2nnc3n2CCN(C(=O)CCc2cccc4c2B(O)OC4)C3)c1. The lowest BCUT2D eigenvalue weighted by atomic mass is 9.75. The predicted molar refractivity (Wildman–Crippen MR) is 105 cm³/mol. The second kappa shape index (κ2) is 7.13. The molecule has 0 spiro atoms. The average molecular weight is 392 g/mol. The van der Waals surface area contributed by atoms with Gasteiger partial charge in [-0.1, -0.05) is 18.2 Å². The summed E-state index contributed by atoms with van der Waals surface area (Å²) in [5.74, 6) is 1.58. The number of hydrogen-bond donors (Lipinski definition) is 1. The monoisotopic (exact) mass is 392 g/mol. The van der Waals surface area contributed by atoms with Crippen LogP contribution in [0.2, 0.25) is 0 Å². The molecule has 0 saturated heterocycles. The number of aryl methyl sites for hydroxylation is 2. The minimum atomic E-state index is -0.894. The van der Waals surface area contributed by atoms with Crippen molar-refractivity contribution in [3.05, 3.63) is 47.7 Å². The molecule has 29 heavy (non-hydrogen) atoms. The van der Waals surface area contributed by atoms with Crippen molar-refractivity contribution in [2.75, 3.05) is 6.54 Å². The van der Waals surface area contributed by atoms with Crippen molar-refractivity contribution >= 4 is 18.5 Å². The van der Waals surface area contributed by atoms with Gasteiger partial charge < -0.3 is 23.7 Å². The van der Waals surface area contributed by atoms with Gasteiger partial charge in [0.05, 0.1) is 19.5 Å². The molecule has 5 rings (SSSR count). The van der Waals surface area contributed by atoms with E-state index in [9.17, 15) is 9.82 Å². The Morgan fingerprint density at radius 2 is 2.21 bits per heavy atom. The Morgan fingerprint density at radius 3 is 3.03 bits per heavy atom.